The predicted octanol–water partition coefficient (Wildman–Crippen LogP) is 2.60. The van der Waals surface area contributed by atoms with Gasteiger partial charge in [0, 0.05) is 18.8 Å². The smallest absolute Gasteiger partial charge is 0.353 e. The summed E-state index contributed by atoms with van der Waals surface area (Å²) in [5.74, 6) is -1.37. The molecule has 176 valence electrons. The van der Waals surface area contributed by atoms with Crippen molar-refractivity contribution in [3.8, 4) is 0 Å². The number of nitrogens with one attached hydrogen (secondary N) is 2. The molecule has 12 heteroatoms. The van der Waals surface area contributed by atoms with Crippen LogP contribution in [0.1, 0.15) is 40.0 Å². The number of aromatic nitrogens is 2. The standard InChI is InChI=1S/C21H26N6O6/c1-32-20(28)14-10-15(21(29)33-2)12-16(11-14)25-19-17(27(30)31)18(23-13-24-19)22-6-9-26-7-4-3-5-8-26/h10-13H,3-9H2,1-2H3,(H2,22,23,24,25). The zero-order valence-electron chi connectivity index (χ0n) is 18.5. The van der Waals surface area contributed by atoms with Crippen LogP contribution in [-0.4, -0.2) is 72.1 Å². The summed E-state index contributed by atoms with van der Waals surface area (Å²) >= 11 is 0. The molecule has 3 rings (SSSR count). The Balaban J connectivity index is 1.85. The normalized spacial score (nSPS) is 13.8. The molecule has 1 fully saturated rings. The van der Waals surface area contributed by atoms with Gasteiger partial charge in [-0.15, -0.1) is 0 Å². The van der Waals surface area contributed by atoms with Crippen LogP contribution in [-0.2, 0) is 9.47 Å². The minimum Gasteiger partial charge on any atom is -0.465 e. The third-order valence-electron chi connectivity index (χ3n) is 5.21. The average Bonchev–Trinajstić information content (AvgIpc) is 2.83. The lowest BCUT2D eigenvalue weighted by Crippen LogP contribution is -2.33. The number of anilines is 3. The molecule has 2 heterocycles. The largest absolute Gasteiger partial charge is 0.465 e. The van der Waals surface area contributed by atoms with Gasteiger partial charge in [-0.1, -0.05) is 6.42 Å². The number of esters is 2. The summed E-state index contributed by atoms with van der Waals surface area (Å²) in [7, 11) is 2.41. The number of piperidine rings is 1. The van der Waals surface area contributed by atoms with E-state index >= 15 is 0 Å². The summed E-state index contributed by atoms with van der Waals surface area (Å²) in [5, 5.41) is 17.7. The van der Waals surface area contributed by atoms with E-state index in [-0.39, 0.29) is 34.1 Å². The number of nitro groups is 1. The third-order valence-corrected chi connectivity index (χ3v) is 5.21. The summed E-state index contributed by atoms with van der Waals surface area (Å²) < 4.78 is 9.44. The first-order valence-corrected chi connectivity index (χ1v) is 10.5. The summed E-state index contributed by atoms with van der Waals surface area (Å²) in [6.07, 6.45) is 4.73. The zero-order chi connectivity index (χ0) is 23.8. The number of methoxy groups -OCH3 is 2. The van der Waals surface area contributed by atoms with E-state index in [1.54, 1.807) is 0 Å². The molecule has 2 aromatic rings. The quantitative estimate of drug-likeness (QED) is 0.324. The lowest BCUT2D eigenvalue weighted by atomic mass is 10.1. The molecule has 0 saturated carbocycles. The number of rotatable bonds is 9. The topological polar surface area (TPSA) is 149 Å². The monoisotopic (exact) mass is 458 g/mol. The van der Waals surface area contributed by atoms with Crippen LogP contribution in [0.15, 0.2) is 24.5 Å². The van der Waals surface area contributed by atoms with Gasteiger partial charge >= 0.3 is 17.6 Å². The highest BCUT2D eigenvalue weighted by Crippen LogP contribution is 2.31. The molecule has 0 atom stereocenters. The molecule has 1 aliphatic heterocycles. The zero-order valence-corrected chi connectivity index (χ0v) is 18.5. The number of hydrogen-bond donors (Lipinski definition) is 2. The van der Waals surface area contributed by atoms with E-state index in [0.29, 0.717) is 6.54 Å². The first-order chi connectivity index (χ1) is 15.9. The molecule has 0 aliphatic carbocycles. The Hall–Kier alpha value is -3.80. The van der Waals surface area contributed by atoms with Crippen molar-refractivity contribution in [3.63, 3.8) is 0 Å². The van der Waals surface area contributed by atoms with Crippen molar-refractivity contribution < 1.29 is 24.0 Å². The summed E-state index contributed by atoms with van der Waals surface area (Å²) in [6, 6.07) is 4.10. The van der Waals surface area contributed by atoms with Gasteiger partial charge in [-0.05, 0) is 44.1 Å². The lowest BCUT2D eigenvalue weighted by molar-refractivity contribution is -0.383. The highest BCUT2D eigenvalue weighted by atomic mass is 16.6. The molecule has 1 aliphatic rings. The number of benzene rings is 1. The van der Waals surface area contributed by atoms with Gasteiger partial charge in [0.2, 0.25) is 11.6 Å². The molecular weight excluding hydrogens is 432 g/mol. The molecule has 0 radical (unpaired) electrons. The Morgan fingerprint density at radius 3 is 2.21 bits per heavy atom. The second-order valence-electron chi connectivity index (χ2n) is 7.41. The Morgan fingerprint density at radius 2 is 1.64 bits per heavy atom. The summed E-state index contributed by atoms with van der Waals surface area (Å²) in [4.78, 5) is 45.6. The van der Waals surface area contributed by atoms with Crippen LogP contribution in [0.25, 0.3) is 0 Å². The van der Waals surface area contributed by atoms with E-state index < -0.39 is 16.9 Å². The molecular formula is C21H26N6O6. The highest BCUT2D eigenvalue weighted by molar-refractivity contribution is 5.97. The maximum absolute atomic E-state index is 12.0. The third kappa shape index (κ3) is 6.13. The van der Waals surface area contributed by atoms with Gasteiger partial charge in [0.25, 0.3) is 0 Å². The first kappa shape index (κ1) is 23.9. The molecule has 0 spiro atoms. The molecule has 0 unspecified atom stereocenters. The number of likely N-dealkylation sites (tertiary alicyclic amines) is 1. The molecule has 12 nitrogen and oxygen atoms in total. The van der Waals surface area contributed by atoms with Crippen LogP contribution in [0.2, 0.25) is 0 Å². The van der Waals surface area contributed by atoms with E-state index in [2.05, 4.69) is 25.5 Å². The van der Waals surface area contributed by atoms with Crippen LogP contribution in [0.5, 0.6) is 0 Å². The second-order valence-corrected chi connectivity index (χ2v) is 7.41. The minimum atomic E-state index is -0.680. The molecule has 33 heavy (non-hydrogen) atoms. The van der Waals surface area contributed by atoms with Crippen molar-refractivity contribution in [1.82, 2.24) is 14.9 Å². The van der Waals surface area contributed by atoms with Crippen LogP contribution in [0, 0.1) is 10.1 Å². The van der Waals surface area contributed by atoms with Crippen molar-refractivity contribution >= 4 is 34.9 Å². The minimum absolute atomic E-state index is 0.0690. The molecule has 0 amide bonds. The van der Waals surface area contributed by atoms with Gasteiger partial charge in [0.05, 0.1) is 30.3 Å². The molecule has 1 saturated heterocycles. The van der Waals surface area contributed by atoms with Crippen molar-refractivity contribution in [2.45, 2.75) is 19.3 Å². The van der Waals surface area contributed by atoms with Crippen molar-refractivity contribution in [2.24, 2.45) is 0 Å². The summed E-state index contributed by atoms with van der Waals surface area (Å²) in [6.45, 7) is 3.26. The van der Waals surface area contributed by atoms with Crippen LogP contribution in [0.4, 0.5) is 23.0 Å². The molecule has 0 bridgehead atoms. The van der Waals surface area contributed by atoms with Crippen molar-refractivity contribution in [1.29, 1.82) is 0 Å². The summed E-state index contributed by atoms with van der Waals surface area (Å²) in [5.41, 5.74) is 0.0116. The van der Waals surface area contributed by atoms with Gasteiger partial charge in [0.1, 0.15) is 6.33 Å². The van der Waals surface area contributed by atoms with Crippen molar-refractivity contribution in [2.75, 3.05) is 51.0 Å². The molecule has 2 N–H and O–H groups in total. The maximum atomic E-state index is 12.0. The average molecular weight is 458 g/mol. The highest BCUT2D eigenvalue weighted by Gasteiger charge is 2.24. The Bertz CT molecular complexity index is 990. The molecule has 1 aromatic heterocycles. The van der Waals surface area contributed by atoms with Gasteiger partial charge in [-0.3, -0.25) is 10.1 Å². The Morgan fingerprint density at radius 1 is 1.03 bits per heavy atom. The second kappa shape index (κ2) is 11.2. The van der Waals surface area contributed by atoms with E-state index in [9.17, 15) is 19.7 Å². The van der Waals surface area contributed by atoms with Gasteiger partial charge in [-0.25, -0.2) is 19.6 Å². The van der Waals surface area contributed by atoms with E-state index in [4.69, 9.17) is 9.47 Å². The van der Waals surface area contributed by atoms with Crippen LogP contribution >= 0.6 is 0 Å². The number of carbonyl (C=O) groups excluding carboxylic acids is 2. The number of carbonyl (C=O) groups is 2. The number of nitrogens with zero attached hydrogens (tertiary/aromatic N) is 4. The van der Waals surface area contributed by atoms with Crippen molar-refractivity contribution in [3.05, 3.63) is 45.8 Å². The van der Waals surface area contributed by atoms with Gasteiger partial charge < -0.3 is 25.0 Å². The van der Waals surface area contributed by atoms with E-state index in [0.717, 1.165) is 32.5 Å². The van der Waals surface area contributed by atoms with Crippen LogP contribution in [0.3, 0.4) is 0 Å². The first-order valence-electron chi connectivity index (χ1n) is 10.5. The fourth-order valence-electron chi connectivity index (χ4n) is 3.60. The predicted molar refractivity (Wildman–Crippen MR) is 120 cm³/mol. The Labute approximate surface area is 190 Å². The maximum Gasteiger partial charge on any atom is 0.353 e. The van der Waals surface area contributed by atoms with Crippen LogP contribution < -0.4 is 10.6 Å². The molecule has 1 aromatic carbocycles. The van der Waals surface area contributed by atoms with E-state index in [1.807, 2.05) is 0 Å². The Kier molecular flexibility index (Phi) is 8.08. The SMILES string of the molecule is COC(=O)c1cc(Nc2ncnc(NCCN3CCCCC3)c2[N+](=O)[O-])cc(C(=O)OC)c1. The van der Waals surface area contributed by atoms with Gasteiger partial charge in [-0.2, -0.15) is 0 Å². The fourth-order valence-corrected chi connectivity index (χ4v) is 3.60. The number of hydrogen-bond acceptors (Lipinski definition) is 11. The fraction of sp³-hybridized carbons (Fsp3) is 0.429. The lowest BCUT2D eigenvalue weighted by Gasteiger charge is -2.26. The van der Waals surface area contributed by atoms with Gasteiger partial charge in [0.15, 0.2) is 0 Å². The number of ether oxygens (including phenoxy) is 2. The van der Waals surface area contributed by atoms with E-state index in [1.165, 1.54) is 45.2 Å².